The molecule has 3 nitrogen and oxygen atoms in total. The van der Waals surface area contributed by atoms with Gasteiger partial charge in [0, 0.05) is 0 Å². The van der Waals surface area contributed by atoms with Gasteiger partial charge in [-0.25, -0.2) is 0 Å². The highest BCUT2D eigenvalue weighted by Gasteiger charge is 2.27. The lowest BCUT2D eigenvalue weighted by Gasteiger charge is -2.27. The van der Waals surface area contributed by atoms with E-state index in [1.54, 1.807) is 0 Å². The Morgan fingerprint density at radius 2 is 1.21 bits per heavy atom. The minimum atomic E-state index is -0.0546. The molecule has 0 aliphatic heterocycles. The van der Waals surface area contributed by atoms with E-state index in [0.717, 1.165) is 37.5 Å². The normalized spacial score (nSPS) is 18.2. The van der Waals surface area contributed by atoms with Crippen LogP contribution in [0.3, 0.4) is 0 Å². The van der Waals surface area contributed by atoms with Crippen molar-refractivity contribution >= 4 is 5.97 Å². The van der Waals surface area contributed by atoms with Crippen LogP contribution in [0.1, 0.15) is 129 Å². The van der Waals surface area contributed by atoms with Crippen LogP contribution in [0.25, 0.3) is 0 Å². The summed E-state index contributed by atoms with van der Waals surface area (Å²) in [7, 11) is 0. The van der Waals surface area contributed by atoms with Crippen LogP contribution in [0.2, 0.25) is 0 Å². The molecule has 1 aliphatic carbocycles. The molecule has 33 heavy (non-hydrogen) atoms. The van der Waals surface area contributed by atoms with Crippen molar-refractivity contribution in [3.63, 3.8) is 0 Å². The van der Waals surface area contributed by atoms with E-state index >= 15 is 0 Å². The number of carbonyl (C=O) groups excluding carboxylic acids is 1. The van der Waals surface area contributed by atoms with Crippen LogP contribution in [-0.4, -0.2) is 12.6 Å². The highest BCUT2D eigenvalue weighted by Crippen LogP contribution is 2.33. The Kier molecular flexibility index (Phi) is 15.0. The molecule has 188 valence electrons. The van der Waals surface area contributed by atoms with Crippen molar-refractivity contribution in [2.24, 2.45) is 11.8 Å². The smallest absolute Gasteiger partial charge is 0.314 e. The molecule has 1 aliphatic rings. The van der Waals surface area contributed by atoms with E-state index in [1.165, 1.54) is 96.3 Å². The molecular weight excluding hydrogens is 408 g/mol. The van der Waals surface area contributed by atoms with Crippen LogP contribution < -0.4 is 9.47 Å². The van der Waals surface area contributed by atoms with Crippen molar-refractivity contribution in [2.45, 2.75) is 129 Å². The van der Waals surface area contributed by atoms with Gasteiger partial charge in [0.2, 0.25) is 0 Å². The van der Waals surface area contributed by atoms with E-state index in [0.29, 0.717) is 5.75 Å². The third kappa shape index (κ3) is 12.5. The Labute approximate surface area is 204 Å². The van der Waals surface area contributed by atoms with Crippen LogP contribution in [0.5, 0.6) is 11.5 Å². The largest absolute Gasteiger partial charge is 0.494 e. The Morgan fingerprint density at radius 3 is 1.82 bits per heavy atom. The Hall–Kier alpha value is -1.51. The van der Waals surface area contributed by atoms with Gasteiger partial charge in [-0.15, -0.1) is 0 Å². The van der Waals surface area contributed by atoms with Crippen molar-refractivity contribution in [3.8, 4) is 11.5 Å². The number of benzene rings is 1. The molecule has 1 fully saturated rings. The number of hydrogen-bond donors (Lipinski definition) is 0. The summed E-state index contributed by atoms with van der Waals surface area (Å²) < 4.78 is 11.5. The van der Waals surface area contributed by atoms with Crippen molar-refractivity contribution in [1.29, 1.82) is 0 Å². The minimum absolute atomic E-state index is 0.0546. The van der Waals surface area contributed by atoms with E-state index < -0.39 is 0 Å². The van der Waals surface area contributed by atoms with Crippen LogP contribution in [-0.2, 0) is 4.79 Å². The second kappa shape index (κ2) is 17.9. The SMILES string of the molecule is CCCCCCCCCCCCOc1ccc(OC(=O)C2CCC(CCCCC)CC2)cc1. The molecule has 0 radical (unpaired) electrons. The van der Waals surface area contributed by atoms with Crippen molar-refractivity contribution in [1.82, 2.24) is 0 Å². The lowest BCUT2D eigenvalue weighted by Crippen LogP contribution is -2.25. The second-order valence-corrected chi connectivity index (χ2v) is 10.1. The summed E-state index contributed by atoms with van der Waals surface area (Å²) in [5.41, 5.74) is 0. The van der Waals surface area contributed by atoms with E-state index in [4.69, 9.17) is 9.47 Å². The van der Waals surface area contributed by atoms with Gasteiger partial charge < -0.3 is 9.47 Å². The van der Waals surface area contributed by atoms with Crippen LogP contribution in [0, 0.1) is 11.8 Å². The fourth-order valence-electron chi connectivity index (χ4n) is 4.95. The summed E-state index contributed by atoms with van der Waals surface area (Å²) in [4.78, 5) is 12.6. The summed E-state index contributed by atoms with van der Waals surface area (Å²) in [5.74, 6) is 2.32. The van der Waals surface area contributed by atoms with Crippen molar-refractivity contribution < 1.29 is 14.3 Å². The molecule has 0 atom stereocenters. The lowest BCUT2D eigenvalue weighted by atomic mass is 9.80. The average molecular weight is 459 g/mol. The molecule has 0 amide bonds. The van der Waals surface area contributed by atoms with Gasteiger partial charge in [-0.3, -0.25) is 4.79 Å². The van der Waals surface area contributed by atoms with E-state index in [1.807, 2.05) is 24.3 Å². The number of unbranched alkanes of at least 4 members (excludes halogenated alkanes) is 11. The van der Waals surface area contributed by atoms with Gasteiger partial charge in [-0.1, -0.05) is 97.3 Å². The first-order valence-corrected chi connectivity index (χ1v) is 14.2. The molecule has 3 heteroatoms. The van der Waals surface area contributed by atoms with Gasteiger partial charge in [-0.05, 0) is 62.3 Å². The van der Waals surface area contributed by atoms with E-state index in [2.05, 4.69) is 13.8 Å². The second-order valence-electron chi connectivity index (χ2n) is 10.1. The maximum absolute atomic E-state index is 12.6. The minimum Gasteiger partial charge on any atom is -0.494 e. The Morgan fingerprint density at radius 1 is 0.697 bits per heavy atom. The van der Waals surface area contributed by atoms with Gasteiger partial charge >= 0.3 is 5.97 Å². The summed E-state index contributed by atoms with van der Waals surface area (Å²) in [6.07, 6.45) is 22.9. The molecular formula is C30H50O3. The van der Waals surface area contributed by atoms with Crippen molar-refractivity contribution in [3.05, 3.63) is 24.3 Å². The molecule has 2 rings (SSSR count). The highest BCUT2D eigenvalue weighted by molar-refractivity contribution is 5.75. The molecule has 0 heterocycles. The molecule has 0 N–H and O–H groups in total. The maximum Gasteiger partial charge on any atom is 0.314 e. The van der Waals surface area contributed by atoms with Gasteiger partial charge in [0.1, 0.15) is 11.5 Å². The summed E-state index contributed by atoms with van der Waals surface area (Å²) in [6.45, 7) is 5.29. The number of esters is 1. The maximum atomic E-state index is 12.6. The lowest BCUT2D eigenvalue weighted by molar-refractivity contribution is -0.140. The molecule has 0 bridgehead atoms. The van der Waals surface area contributed by atoms with E-state index in [9.17, 15) is 4.79 Å². The number of carbonyl (C=O) groups is 1. The van der Waals surface area contributed by atoms with Crippen LogP contribution in [0.15, 0.2) is 24.3 Å². The number of rotatable bonds is 18. The zero-order valence-electron chi connectivity index (χ0n) is 21.6. The predicted molar refractivity (Wildman–Crippen MR) is 139 cm³/mol. The summed E-state index contributed by atoms with van der Waals surface area (Å²) in [5, 5.41) is 0. The van der Waals surface area contributed by atoms with Crippen LogP contribution >= 0.6 is 0 Å². The third-order valence-electron chi connectivity index (χ3n) is 7.20. The average Bonchev–Trinajstić information content (AvgIpc) is 2.84. The first-order valence-electron chi connectivity index (χ1n) is 14.2. The first kappa shape index (κ1) is 27.7. The van der Waals surface area contributed by atoms with Crippen LogP contribution in [0.4, 0.5) is 0 Å². The fourth-order valence-corrected chi connectivity index (χ4v) is 4.95. The third-order valence-corrected chi connectivity index (χ3v) is 7.20. The molecule has 1 aromatic carbocycles. The zero-order chi connectivity index (χ0) is 23.6. The van der Waals surface area contributed by atoms with Gasteiger partial charge in [0.25, 0.3) is 0 Å². The van der Waals surface area contributed by atoms with Gasteiger partial charge in [0.05, 0.1) is 12.5 Å². The fraction of sp³-hybridized carbons (Fsp3) is 0.767. The molecule has 1 aromatic rings. The zero-order valence-corrected chi connectivity index (χ0v) is 21.6. The number of ether oxygens (including phenoxy) is 2. The monoisotopic (exact) mass is 458 g/mol. The standard InChI is InChI=1S/C30H50O3/c1-3-5-7-8-9-10-11-12-13-15-25-32-28-21-23-29(24-22-28)33-30(31)27-19-17-26(18-20-27)16-14-6-4-2/h21-24,26-27H,3-20,25H2,1-2H3. The summed E-state index contributed by atoms with van der Waals surface area (Å²) in [6, 6.07) is 7.57. The number of hydrogen-bond acceptors (Lipinski definition) is 3. The molecule has 1 saturated carbocycles. The molecule has 0 spiro atoms. The van der Waals surface area contributed by atoms with Gasteiger partial charge in [0.15, 0.2) is 0 Å². The molecule has 0 aromatic heterocycles. The van der Waals surface area contributed by atoms with E-state index in [-0.39, 0.29) is 11.9 Å². The Balaban J connectivity index is 1.52. The highest BCUT2D eigenvalue weighted by atomic mass is 16.5. The molecule has 0 unspecified atom stereocenters. The Bertz CT molecular complexity index is 601. The van der Waals surface area contributed by atoms with Gasteiger partial charge in [-0.2, -0.15) is 0 Å². The van der Waals surface area contributed by atoms with Crippen molar-refractivity contribution in [2.75, 3.05) is 6.61 Å². The predicted octanol–water partition coefficient (Wildman–Crippen LogP) is 9.28. The quantitative estimate of drug-likeness (QED) is 0.125. The first-order chi connectivity index (χ1) is 16.2. The molecule has 0 saturated heterocycles. The summed E-state index contributed by atoms with van der Waals surface area (Å²) >= 11 is 0. The topological polar surface area (TPSA) is 35.5 Å².